The van der Waals surface area contributed by atoms with Gasteiger partial charge in [0.2, 0.25) is 0 Å². The van der Waals surface area contributed by atoms with Crippen LogP contribution in [0.4, 0.5) is 4.39 Å². The van der Waals surface area contributed by atoms with Crippen LogP contribution in [0.5, 0.6) is 0 Å². The molecule has 1 aliphatic carbocycles. The Morgan fingerprint density at radius 3 is 2.65 bits per heavy atom. The van der Waals surface area contributed by atoms with Crippen molar-refractivity contribution in [3.8, 4) is 0 Å². The van der Waals surface area contributed by atoms with E-state index in [9.17, 15) is 4.39 Å². The third-order valence-electron chi connectivity index (χ3n) is 5.40. The predicted octanol–water partition coefficient (Wildman–Crippen LogP) is 3.64. The number of fused-ring (bicyclic) bond motifs is 1. The second-order valence-corrected chi connectivity index (χ2v) is 7.43. The Balaban J connectivity index is 2.07. The first-order valence-electron chi connectivity index (χ1n) is 7.98. The molecule has 2 aliphatic heterocycles. The highest BCUT2D eigenvalue weighted by Crippen LogP contribution is 2.67. The van der Waals surface area contributed by atoms with Gasteiger partial charge in [-0.2, -0.15) is 0 Å². The van der Waals surface area contributed by atoms with Gasteiger partial charge >= 0.3 is 0 Å². The molecule has 1 spiro atoms. The predicted molar refractivity (Wildman–Crippen MR) is 68.7 cm³/mol. The molecule has 0 radical (unpaired) electrons. The molecule has 2 heterocycles. The molecule has 2 saturated heterocycles. The van der Waals surface area contributed by atoms with E-state index in [1.807, 2.05) is 13.8 Å². The molecule has 0 aromatic rings. The average Bonchev–Trinajstić information content (AvgIpc) is 2.66. The van der Waals surface area contributed by atoms with Gasteiger partial charge in [0.1, 0.15) is 6.17 Å². The first kappa shape index (κ1) is 9.77. The molecule has 1 nitrogen and oxygen atoms in total. The van der Waals surface area contributed by atoms with E-state index in [4.69, 9.17) is 2.74 Å². The minimum Gasteiger partial charge on any atom is -0.296 e. The normalized spacial score (nSPS) is 50.6. The fraction of sp³-hybridized carbons (Fsp3) is 1.00. The summed E-state index contributed by atoms with van der Waals surface area (Å²) in [6, 6.07) is 0. The molecule has 0 aromatic carbocycles. The summed E-state index contributed by atoms with van der Waals surface area (Å²) < 4.78 is 31.3. The molecule has 3 atom stereocenters. The van der Waals surface area contributed by atoms with Gasteiger partial charge in [-0.15, -0.1) is 0 Å². The zero-order valence-corrected chi connectivity index (χ0v) is 11.5. The summed E-state index contributed by atoms with van der Waals surface area (Å²) in [6.45, 7) is 9.99. The van der Waals surface area contributed by atoms with Crippen LogP contribution in [0, 0.1) is 16.7 Å². The Morgan fingerprint density at radius 2 is 2.12 bits per heavy atom. The van der Waals surface area contributed by atoms with Gasteiger partial charge in [-0.05, 0) is 43.5 Å². The maximum atomic E-state index is 13.8. The zero-order valence-electron chi connectivity index (χ0n) is 13.5. The second-order valence-electron chi connectivity index (χ2n) is 7.43. The zero-order chi connectivity index (χ0) is 14.3. The first-order chi connectivity index (χ1) is 8.59. The Bertz CT molecular complexity index is 409. The van der Waals surface area contributed by atoms with Crippen molar-refractivity contribution in [1.29, 1.82) is 0 Å². The third kappa shape index (κ3) is 1.46. The molecule has 0 bridgehead atoms. The van der Waals surface area contributed by atoms with E-state index in [0.29, 0.717) is 12.8 Å². The van der Waals surface area contributed by atoms with Crippen molar-refractivity contribution in [2.75, 3.05) is 13.1 Å². The Hall–Kier alpha value is -0.110. The lowest BCUT2D eigenvalue weighted by molar-refractivity contribution is 0.0691. The Kier molecular flexibility index (Phi) is 1.87. The monoisotopic (exact) mass is 241 g/mol. The summed E-state index contributed by atoms with van der Waals surface area (Å²) >= 11 is 0. The molecule has 0 N–H and O–H groups in total. The minimum absolute atomic E-state index is 0.0423. The van der Waals surface area contributed by atoms with E-state index in [2.05, 4.69) is 18.7 Å². The number of hydrogen-bond donors (Lipinski definition) is 0. The highest BCUT2D eigenvalue weighted by atomic mass is 19.1. The van der Waals surface area contributed by atoms with Gasteiger partial charge < -0.3 is 0 Å². The molecule has 3 fully saturated rings. The molecule has 0 amide bonds. The number of rotatable bonds is 2. The maximum absolute atomic E-state index is 13.8. The van der Waals surface area contributed by atoms with Crippen LogP contribution in [0.3, 0.4) is 0 Å². The van der Waals surface area contributed by atoms with Crippen LogP contribution in [-0.4, -0.2) is 29.7 Å². The van der Waals surface area contributed by atoms with Gasteiger partial charge in [0.15, 0.2) is 0 Å². The number of hydrogen-bond acceptors (Lipinski definition) is 1. The summed E-state index contributed by atoms with van der Waals surface area (Å²) in [4.78, 5) is 2.30. The molecule has 3 rings (SSSR count). The van der Waals surface area contributed by atoms with Gasteiger partial charge in [-0.3, -0.25) is 4.90 Å². The van der Waals surface area contributed by atoms with Crippen molar-refractivity contribution in [3.63, 3.8) is 0 Å². The summed E-state index contributed by atoms with van der Waals surface area (Å²) in [6.07, 6.45) is 0.411. The average molecular weight is 241 g/mol. The van der Waals surface area contributed by atoms with E-state index in [-0.39, 0.29) is 16.7 Å². The molecule has 0 unspecified atom stereocenters. The SMILES string of the molecule is [2H]C([2H])(C(C)C)[C@]12C[C@@]3(C[C@H]3F)CN1CCC2(C)C. The summed E-state index contributed by atoms with van der Waals surface area (Å²) in [5.74, 6) is -0.0423. The van der Waals surface area contributed by atoms with Crippen molar-refractivity contribution in [2.45, 2.75) is 65.0 Å². The molecule has 2 heteroatoms. The first-order valence-corrected chi connectivity index (χ1v) is 6.98. The molecule has 0 aromatic heterocycles. The van der Waals surface area contributed by atoms with Crippen molar-refractivity contribution in [2.24, 2.45) is 16.7 Å². The Labute approximate surface area is 108 Å². The fourth-order valence-electron chi connectivity index (χ4n) is 4.21. The lowest BCUT2D eigenvalue weighted by atomic mass is 9.66. The van der Waals surface area contributed by atoms with Crippen LogP contribution in [0.15, 0.2) is 0 Å². The standard InChI is InChI=1S/C15H26FN/c1-11(2)7-15-9-14(8-12(14)16)10-17(15)6-5-13(15,3)4/h11-12H,5-10H2,1-4H3/t12-,14+,15-/m1/s1/i7D2. The molecule has 3 aliphatic rings. The van der Waals surface area contributed by atoms with Crippen LogP contribution >= 0.6 is 0 Å². The number of alkyl halides is 1. The minimum atomic E-state index is -1.27. The van der Waals surface area contributed by atoms with Gasteiger partial charge in [-0.1, -0.05) is 27.7 Å². The van der Waals surface area contributed by atoms with Crippen molar-refractivity contribution >= 4 is 0 Å². The molecule has 98 valence electrons. The molecule has 17 heavy (non-hydrogen) atoms. The Morgan fingerprint density at radius 1 is 1.47 bits per heavy atom. The van der Waals surface area contributed by atoms with Gasteiger partial charge in [-0.25, -0.2) is 4.39 Å². The lowest BCUT2D eigenvalue weighted by Crippen LogP contribution is -2.48. The van der Waals surface area contributed by atoms with Crippen LogP contribution < -0.4 is 0 Å². The largest absolute Gasteiger partial charge is 0.296 e. The van der Waals surface area contributed by atoms with Crippen LogP contribution in [0.2, 0.25) is 0 Å². The van der Waals surface area contributed by atoms with Crippen LogP contribution in [-0.2, 0) is 0 Å². The molecule has 1 saturated carbocycles. The highest BCUT2D eigenvalue weighted by Gasteiger charge is 2.70. The second kappa shape index (κ2) is 3.26. The highest BCUT2D eigenvalue weighted by molar-refractivity contribution is 5.22. The van der Waals surface area contributed by atoms with Crippen molar-refractivity contribution in [1.82, 2.24) is 4.90 Å². The van der Waals surface area contributed by atoms with Gasteiger partial charge in [0, 0.05) is 20.2 Å². The van der Waals surface area contributed by atoms with Crippen LogP contribution in [0.25, 0.3) is 0 Å². The number of halogens is 1. The fourth-order valence-corrected chi connectivity index (χ4v) is 4.21. The lowest BCUT2D eigenvalue weighted by Gasteiger charge is -2.44. The van der Waals surface area contributed by atoms with E-state index < -0.39 is 18.1 Å². The van der Waals surface area contributed by atoms with Crippen LogP contribution in [0.1, 0.15) is 56.1 Å². The molecular formula is C15H26FN. The van der Waals surface area contributed by atoms with E-state index >= 15 is 0 Å². The summed E-state index contributed by atoms with van der Waals surface area (Å²) in [5.41, 5.74) is -0.776. The van der Waals surface area contributed by atoms with Gasteiger partial charge in [0.05, 0.1) is 0 Å². The van der Waals surface area contributed by atoms with Crippen molar-refractivity contribution < 1.29 is 7.13 Å². The third-order valence-corrected chi connectivity index (χ3v) is 5.40. The smallest absolute Gasteiger partial charge is 0.108 e. The van der Waals surface area contributed by atoms with E-state index in [1.165, 1.54) is 0 Å². The van der Waals surface area contributed by atoms with E-state index in [0.717, 1.165) is 19.5 Å². The van der Waals surface area contributed by atoms with Gasteiger partial charge in [0.25, 0.3) is 0 Å². The molecular weight excluding hydrogens is 213 g/mol. The summed E-state index contributed by atoms with van der Waals surface area (Å²) in [5, 5.41) is 0. The summed E-state index contributed by atoms with van der Waals surface area (Å²) in [7, 11) is 0. The number of nitrogens with zero attached hydrogens (tertiary/aromatic N) is 1. The topological polar surface area (TPSA) is 3.24 Å². The van der Waals surface area contributed by atoms with E-state index in [1.54, 1.807) is 0 Å². The quantitative estimate of drug-likeness (QED) is 0.713. The maximum Gasteiger partial charge on any atom is 0.108 e. The van der Waals surface area contributed by atoms with Crippen molar-refractivity contribution in [3.05, 3.63) is 0 Å².